The normalized spacial score (nSPS) is 13.9. The van der Waals surface area contributed by atoms with Crippen molar-refractivity contribution in [3.63, 3.8) is 0 Å². The molecule has 70 valence electrons. The third-order valence-electron chi connectivity index (χ3n) is 1.29. The molecule has 0 aromatic heterocycles. The molecule has 2 N–H and O–H groups in total. The fourth-order valence-electron chi connectivity index (χ4n) is 0.652. The summed E-state index contributed by atoms with van der Waals surface area (Å²) in [4.78, 5) is 0. The number of alkyl halides is 2. The summed E-state index contributed by atoms with van der Waals surface area (Å²) in [6.07, 6.45) is -1.45. The number of aliphatic hydroxyl groups excluding tert-OH is 1. The van der Waals surface area contributed by atoms with E-state index >= 15 is 0 Å². The third-order valence-corrected chi connectivity index (χ3v) is 1.29. The smallest absolute Gasteiger partial charge is 0.285 e. The van der Waals surface area contributed by atoms with Crippen LogP contribution >= 0.6 is 12.4 Å². The summed E-state index contributed by atoms with van der Waals surface area (Å²) in [5.74, 6) is -3.00. The molecule has 0 fully saturated rings. The van der Waals surface area contributed by atoms with Crippen molar-refractivity contribution in [3.8, 4) is 0 Å². The highest BCUT2D eigenvalue weighted by molar-refractivity contribution is 5.85. The summed E-state index contributed by atoms with van der Waals surface area (Å²) < 4.78 is 25.0. The second kappa shape index (κ2) is 5.69. The van der Waals surface area contributed by atoms with Gasteiger partial charge in [0, 0.05) is 0 Å². The predicted octanol–water partition coefficient (Wildman–Crippen LogP) is 1.03. The first-order chi connectivity index (χ1) is 4.54. The Morgan fingerprint density at radius 1 is 1.55 bits per heavy atom. The molecule has 0 rings (SSSR count). The summed E-state index contributed by atoms with van der Waals surface area (Å²) >= 11 is 0. The molecule has 0 amide bonds. The van der Waals surface area contributed by atoms with Crippen LogP contribution in [0.1, 0.15) is 13.3 Å². The standard InChI is InChI=1S/C6H13F2NO.ClH/c1-3-5(10)6(7,8)4-9-2;/h5,9-10H,3-4H2,1-2H3;1H. The number of halogens is 3. The molecule has 0 bridgehead atoms. The molecule has 0 aromatic carbocycles. The first-order valence-electron chi connectivity index (χ1n) is 3.25. The average Bonchev–Trinajstić information content (AvgIpc) is 1.86. The Hall–Kier alpha value is 0.0700. The Labute approximate surface area is 71.4 Å². The van der Waals surface area contributed by atoms with Crippen molar-refractivity contribution in [2.75, 3.05) is 13.6 Å². The van der Waals surface area contributed by atoms with Gasteiger partial charge in [-0.05, 0) is 13.5 Å². The van der Waals surface area contributed by atoms with E-state index in [0.717, 1.165) is 0 Å². The molecule has 0 heterocycles. The summed E-state index contributed by atoms with van der Waals surface area (Å²) in [5.41, 5.74) is 0. The SMILES string of the molecule is CCC(O)C(F)(F)CNC.Cl. The van der Waals surface area contributed by atoms with Gasteiger partial charge in [0.1, 0.15) is 6.10 Å². The van der Waals surface area contributed by atoms with E-state index in [2.05, 4.69) is 5.32 Å². The van der Waals surface area contributed by atoms with E-state index in [1.54, 1.807) is 0 Å². The van der Waals surface area contributed by atoms with Gasteiger partial charge < -0.3 is 10.4 Å². The van der Waals surface area contributed by atoms with Crippen LogP contribution in [-0.4, -0.2) is 30.7 Å². The van der Waals surface area contributed by atoms with E-state index in [1.807, 2.05) is 0 Å². The van der Waals surface area contributed by atoms with Crippen LogP contribution in [0.5, 0.6) is 0 Å². The number of nitrogens with one attached hydrogen (secondary N) is 1. The monoisotopic (exact) mass is 189 g/mol. The zero-order valence-electron chi connectivity index (χ0n) is 6.60. The van der Waals surface area contributed by atoms with Crippen LogP contribution in [0.2, 0.25) is 0 Å². The predicted molar refractivity (Wildman–Crippen MR) is 42.4 cm³/mol. The zero-order chi connectivity index (χ0) is 8.20. The minimum absolute atomic E-state index is 0. The first kappa shape index (κ1) is 13.6. The summed E-state index contributed by atoms with van der Waals surface area (Å²) in [7, 11) is 1.43. The van der Waals surface area contributed by atoms with E-state index in [4.69, 9.17) is 5.11 Å². The van der Waals surface area contributed by atoms with Gasteiger partial charge in [0.15, 0.2) is 0 Å². The van der Waals surface area contributed by atoms with Crippen molar-refractivity contribution in [2.45, 2.75) is 25.4 Å². The molecule has 0 radical (unpaired) electrons. The van der Waals surface area contributed by atoms with Gasteiger partial charge in [-0.3, -0.25) is 0 Å². The highest BCUT2D eigenvalue weighted by Gasteiger charge is 2.35. The van der Waals surface area contributed by atoms with E-state index in [9.17, 15) is 8.78 Å². The highest BCUT2D eigenvalue weighted by atomic mass is 35.5. The van der Waals surface area contributed by atoms with Gasteiger partial charge in [-0.1, -0.05) is 6.92 Å². The molecule has 11 heavy (non-hydrogen) atoms. The maximum absolute atomic E-state index is 12.5. The molecule has 0 aromatic rings. The third kappa shape index (κ3) is 4.50. The van der Waals surface area contributed by atoms with Crippen molar-refractivity contribution in [3.05, 3.63) is 0 Å². The topological polar surface area (TPSA) is 32.3 Å². The van der Waals surface area contributed by atoms with Crippen LogP contribution in [0.3, 0.4) is 0 Å². The van der Waals surface area contributed by atoms with Crippen molar-refractivity contribution in [2.24, 2.45) is 0 Å². The van der Waals surface area contributed by atoms with Crippen LogP contribution in [0.4, 0.5) is 8.78 Å². The Kier molecular flexibility index (Phi) is 7.05. The molecule has 1 unspecified atom stereocenters. The van der Waals surface area contributed by atoms with Crippen LogP contribution in [-0.2, 0) is 0 Å². The van der Waals surface area contributed by atoms with E-state index in [-0.39, 0.29) is 18.8 Å². The summed E-state index contributed by atoms with van der Waals surface area (Å²) in [6, 6.07) is 0. The molecule has 0 aliphatic carbocycles. The Morgan fingerprint density at radius 3 is 2.27 bits per heavy atom. The van der Waals surface area contributed by atoms with Crippen LogP contribution in [0.25, 0.3) is 0 Å². The quantitative estimate of drug-likeness (QED) is 0.693. The van der Waals surface area contributed by atoms with Gasteiger partial charge in [-0.2, -0.15) is 0 Å². The summed E-state index contributed by atoms with van der Waals surface area (Å²) in [5, 5.41) is 11.0. The van der Waals surface area contributed by atoms with Crippen LogP contribution < -0.4 is 5.32 Å². The molecular formula is C6H14ClF2NO. The number of hydrogen-bond acceptors (Lipinski definition) is 2. The minimum atomic E-state index is -3.00. The second-order valence-electron chi connectivity index (χ2n) is 2.22. The first-order valence-corrected chi connectivity index (χ1v) is 3.25. The Morgan fingerprint density at radius 2 is 2.00 bits per heavy atom. The van der Waals surface area contributed by atoms with Crippen molar-refractivity contribution < 1.29 is 13.9 Å². The average molecular weight is 190 g/mol. The van der Waals surface area contributed by atoms with Gasteiger partial charge in [0.05, 0.1) is 6.54 Å². The fourth-order valence-corrected chi connectivity index (χ4v) is 0.652. The number of rotatable bonds is 4. The Bertz CT molecular complexity index is 103. The van der Waals surface area contributed by atoms with E-state index in [0.29, 0.717) is 0 Å². The van der Waals surface area contributed by atoms with Crippen molar-refractivity contribution in [1.29, 1.82) is 0 Å². The lowest BCUT2D eigenvalue weighted by Gasteiger charge is -2.20. The maximum Gasteiger partial charge on any atom is 0.285 e. The molecule has 5 heteroatoms. The van der Waals surface area contributed by atoms with Gasteiger partial charge in [-0.15, -0.1) is 12.4 Å². The molecule has 0 saturated carbocycles. The lowest BCUT2D eigenvalue weighted by Crippen LogP contribution is -2.41. The highest BCUT2D eigenvalue weighted by Crippen LogP contribution is 2.19. The molecule has 0 saturated heterocycles. The second-order valence-corrected chi connectivity index (χ2v) is 2.22. The lowest BCUT2D eigenvalue weighted by atomic mass is 10.1. The van der Waals surface area contributed by atoms with Crippen molar-refractivity contribution in [1.82, 2.24) is 5.32 Å². The zero-order valence-corrected chi connectivity index (χ0v) is 7.42. The largest absolute Gasteiger partial charge is 0.387 e. The maximum atomic E-state index is 12.5. The molecular weight excluding hydrogens is 176 g/mol. The fraction of sp³-hybridized carbons (Fsp3) is 1.00. The minimum Gasteiger partial charge on any atom is -0.387 e. The molecule has 2 nitrogen and oxygen atoms in total. The molecule has 0 aliphatic rings. The molecule has 1 atom stereocenters. The van der Waals surface area contributed by atoms with Crippen molar-refractivity contribution >= 4 is 12.4 Å². The lowest BCUT2D eigenvalue weighted by molar-refractivity contribution is -0.105. The summed E-state index contributed by atoms with van der Waals surface area (Å²) in [6.45, 7) is 1.05. The van der Waals surface area contributed by atoms with Gasteiger partial charge in [0.2, 0.25) is 0 Å². The van der Waals surface area contributed by atoms with E-state index < -0.39 is 18.6 Å². The Balaban J connectivity index is 0. The van der Waals surface area contributed by atoms with Crippen LogP contribution in [0.15, 0.2) is 0 Å². The van der Waals surface area contributed by atoms with Gasteiger partial charge >= 0.3 is 0 Å². The number of aliphatic hydroxyl groups is 1. The molecule has 0 aliphatic heterocycles. The van der Waals surface area contributed by atoms with Gasteiger partial charge in [-0.25, -0.2) is 8.78 Å². The van der Waals surface area contributed by atoms with E-state index in [1.165, 1.54) is 14.0 Å². The van der Waals surface area contributed by atoms with Crippen LogP contribution in [0, 0.1) is 0 Å². The van der Waals surface area contributed by atoms with Gasteiger partial charge in [0.25, 0.3) is 5.92 Å². The molecule has 0 spiro atoms. The number of hydrogen-bond donors (Lipinski definition) is 2.